The van der Waals surface area contributed by atoms with Crippen LogP contribution in [0.25, 0.3) is 0 Å². The molecule has 0 aliphatic rings. The molecule has 0 radical (unpaired) electrons. The highest BCUT2D eigenvalue weighted by Gasteiger charge is 2.15. The second kappa shape index (κ2) is 5.98. The van der Waals surface area contributed by atoms with Crippen molar-refractivity contribution in [3.8, 4) is 0 Å². The molecule has 1 nitrogen and oxygen atoms in total. The lowest BCUT2D eigenvalue weighted by Gasteiger charge is -2.27. The van der Waals surface area contributed by atoms with E-state index < -0.39 is 0 Å². The maximum Gasteiger partial charge on any atom is 0.0133 e. The van der Waals surface area contributed by atoms with Crippen LogP contribution in [0, 0.1) is 5.92 Å². The van der Waals surface area contributed by atoms with Gasteiger partial charge in [-0.15, -0.1) is 0 Å². The smallest absolute Gasteiger partial charge is 0.0133 e. The maximum absolute atomic E-state index is 3.58. The molecule has 74 valence electrons. The highest BCUT2D eigenvalue weighted by molar-refractivity contribution is 9.09. The highest BCUT2D eigenvalue weighted by Crippen LogP contribution is 2.11. The fourth-order valence-electron chi connectivity index (χ4n) is 0.919. The van der Waals surface area contributed by atoms with Gasteiger partial charge in [-0.2, -0.15) is 0 Å². The van der Waals surface area contributed by atoms with Crippen LogP contribution in [0.5, 0.6) is 0 Å². The van der Waals surface area contributed by atoms with E-state index >= 15 is 0 Å². The van der Waals surface area contributed by atoms with E-state index in [2.05, 4.69) is 48.9 Å². The zero-order valence-corrected chi connectivity index (χ0v) is 10.4. The predicted octanol–water partition coefficient (Wildman–Crippen LogP) is 3.19. The molecule has 1 atom stereocenters. The first kappa shape index (κ1) is 12.4. The number of rotatable bonds is 6. The Morgan fingerprint density at radius 1 is 1.42 bits per heavy atom. The lowest BCUT2D eigenvalue weighted by molar-refractivity contribution is 0.345. The van der Waals surface area contributed by atoms with Crippen molar-refractivity contribution in [2.24, 2.45) is 5.92 Å². The number of alkyl halides is 1. The Kier molecular flexibility index (Phi) is 6.20. The second-order valence-electron chi connectivity index (χ2n) is 4.22. The van der Waals surface area contributed by atoms with Crippen molar-refractivity contribution < 1.29 is 0 Å². The van der Waals surface area contributed by atoms with Crippen LogP contribution in [0.3, 0.4) is 0 Å². The quantitative estimate of drug-likeness (QED) is 0.698. The summed E-state index contributed by atoms with van der Waals surface area (Å²) in [6, 6.07) is 0. The molecular weight excluding hydrogens is 214 g/mol. The molecule has 0 heterocycles. The molecule has 0 aromatic carbocycles. The molecule has 0 aliphatic carbocycles. The van der Waals surface area contributed by atoms with Gasteiger partial charge in [0.2, 0.25) is 0 Å². The summed E-state index contributed by atoms with van der Waals surface area (Å²) in [6.07, 6.45) is 2.45. The molecule has 2 heteroatoms. The Morgan fingerprint density at radius 3 is 2.42 bits per heavy atom. The Hall–Kier alpha value is 0.440. The second-order valence-corrected chi connectivity index (χ2v) is 5.01. The third kappa shape index (κ3) is 6.01. The molecule has 0 bridgehead atoms. The maximum atomic E-state index is 3.58. The van der Waals surface area contributed by atoms with Crippen molar-refractivity contribution in [2.45, 2.75) is 46.1 Å². The summed E-state index contributed by atoms with van der Waals surface area (Å²) in [5, 5.41) is 4.66. The Labute approximate surface area is 85.4 Å². The molecular formula is C10H22BrN. The van der Waals surface area contributed by atoms with Gasteiger partial charge in [-0.1, -0.05) is 36.2 Å². The molecule has 1 N–H and O–H groups in total. The van der Waals surface area contributed by atoms with Gasteiger partial charge < -0.3 is 5.32 Å². The van der Waals surface area contributed by atoms with E-state index in [-0.39, 0.29) is 5.54 Å². The van der Waals surface area contributed by atoms with Crippen LogP contribution < -0.4 is 5.32 Å². The van der Waals surface area contributed by atoms with Crippen LogP contribution in [-0.4, -0.2) is 17.4 Å². The fourth-order valence-corrected chi connectivity index (χ4v) is 1.91. The lowest BCUT2D eigenvalue weighted by atomic mass is 10.0. The highest BCUT2D eigenvalue weighted by atomic mass is 79.9. The minimum absolute atomic E-state index is 0.285. The Bertz CT molecular complexity index is 112. The van der Waals surface area contributed by atoms with E-state index in [9.17, 15) is 0 Å². The first-order valence-corrected chi connectivity index (χ1v) is 5.95. The van der Waals surface area contributed by atoms with Crippen molar-refractivity contribution >= 4 is 15.9 Å². The largest absolute Gasteiger partial charge is 0.312 e. The summed E-state index contributed by atoms with van der Waals surface area (Å²) < 4.78 is 0. The molecule has 0 amide bonds. The van der Waals surface area contributed by atoms with Gasteiger partial charge in [0, 0.05) is 10.9 Å². The van der Waals surface area contributed by atoms with Gasteiger partial charge >= 0.3 is 0 Å². The summed E-state index contributed by atoms with van der Waals surface area (Å²) in [5.41, 5.74) is 0.285. The number of hydrogen-bond donors (Lipinski definition) is 1. The van der Waals surface area contributed by atoms with Crippen LogP contribution in [0.15, 0.2) is 0 Å². The van der Waals surface area contributed by atoms with Gasteiger partial charge in [-0.3, -0.25) is 0 Å². The van der Waals surface area contributed by atoms with E-state index in [1.807, 2.05) is 0 Å². The fraction of sp³-hybridized carbons (Fsp3) is 1.00. The summed E-state index contributed by atoms with van der Waals surface area (Å²) >= 11 is 3.47. The van der Waals surface area contributed by atoms with Crippen LogP contribution in [-0.2, 0) is 0 Å². The lowest BCUT2D eigenvalue weighted by Crippen LogP contribution is -2.41. The third-order valence-electron chi connectivity index (χ3n) is 2.35. The number of hydrogen-bond acceptors (Lipinski definition) is 1. The van der Waals surface area contributed by atoms with Crippen molar-refractivity contribution in [3.63, 3.8) is 0 Å². The topological polar surface area (TPSA) is 12.0 Å². The number of halogens is 1. The van der Waals surface area contributed by atoms with Gasteiger partial charge in [0.25, 0.3) is 0 Å². The normalized spacial score (nSPS) is 14.8. The van der Waals surface area contributed by atoms with Gasteiger partial charge in [0.05, 0.1) is 0 Å². The van der Waals surface area contributed by atoms with E-state index in [1.54, 1.807) is 0 Å². The van der Waals surface area contributed by atoms with Crippen molar-refractivity contribution in [1.82, 2.24) is 5.32 Å². The SMILES string of the molecule is CCC(C)CNC(C)(C)CCBr. The van der Waals surface area contributed by atoms with Crippen LogP contribution in [0.2, 0.25) is 0 Å². The zero-order valence-electron chi connectivity index (χ0n) is 8.78. The van der Waals surface area contributed by atoms with Crippen molar-refractivity contribution in [1.29, 1.82) is 0 Å². The molecule has 0 aromatic heterocycles. The molecule has 0 aliphatic heterocycles. The van der Waals surface area contributed by atoms with Gasteiger partial charge in [0.1, 0.15) is 0 Å². The van der Waals surface area contributed by atoms with Gasteiger partial charge in [-0.05, 0) is 32.7 Å². The average Bonchev–Trinajstić information content (AvgIpc) is 2.00. The van der Waals surface area contributed by atoms with Gasteiger partial charge in [-0.25, -0.2) is 0 Å². The first-order chi connectivity index (χ1) is 5.52. The van der Waals surface area contributed by atoms with E-state index in [0.29, 0.717) is 0 Å². The molecule has 0 aromatic rings. The van der Waals surface area contributed by atoms with E-state index in [4.69, 9.17) is 0 Å². The van der Waals surface area contributed by atoms with Gasteiger partial charge in [0.15, 0.2) is 0 Å². The summed E-state index contributed by atoms with van der Waals surface area (Å²) in [4.78, 5) is 0. The standard InChI is InChI=1S/C10H22BrN/c1-5-9(2)8-12-10(3,4)6-7-11/h9,12H,5-8H2,1-4H3. The van der Waals surface area contributed by atoms with E-state index in [0.717, 1.165) is 17.8 Å². The zero-order chi connectivity index (χ0) is 9.61. The minimum Gasteiger partial charge on any atom is -0.312 e. The van der Waals surface area contributed by atoms with Crippen LogP contribution >= 0.6 is 15.9 Å². The first-order valence-electron chi connectivity index (χ1n) is 4.83. The molecule has 0 rings (SSSR count). The predicted molar refractivity (Wildman–Crippen MR) is 59.9 cm³/mol. The summed E-state index contributed by atoms with van der Waals surface area (Å²) in [6.45, 7) is 10.2. The average molecular weight is 236 g/mol. The van der Waals surface area contributed by atoms with Crippen LogP contribution in [0.4, 0.5) is 0 Å². The third-order valence-corrected chi connectivity index (χ3v) is 2.74. The molecule has 0 fully saturated rings. The Morgan fingerprint density at radius 2 is 2.00 bits per heavy atom. The molecule has 0 saturated heterocycles. The van der Waals surface area contributed by atoms with Crippen molar-refractivity contribution in [3.05, 3.63) is 0 Å². The van der Waals surface area contributed by atoms with Crippen LogP contribution in [0.1, 0.15) is 40.5 Å². The monoisotopic (exact) mass is 235 g/mol. The van der Waals surface area contributed by atoms with Crippen molar-refractivity contribution in [2.75, 3.05) is 11.9 Å². The minimum atomic E-state index is 0.285. The Balaban J connectivity index is 3.59. The molecule has 0 spiro atoms. The van der Waals surface area contributed by atoms with E-state index in [1.165, 1.54) is 12.8 Å². The number of nitrogens with one attached hydrogen (secondary N) is 1. The summed E-state index contributed by atoms with van der Waals surface area (Å²) in [5.74, 6) is 0.791. The molecule has 1 unspecified atom stereocenters. The molecule has 12 heavy (non-hydrogen) atoms. The molecule has 0 saturated carbocycles. The summed E-state index contributed by atoms with van der Waals surface area (Å²) in [7, 11) is 0.